The Kier molecular flexibility index (Phi) is 6.02. The highest BCUT2D eigenvalue weighted by atomic mass is 14.4. The molecule has 0 fully saturated rings. The van der Waals surface area contributed by atoms with E-state index in [9.17, 15) is 0 Å². The summed E-state index contributed by atoms with van der Waals surface area (Å²) in [6.45, 7) is 4.72. The maximum absolute atomic E-state index is 2.38. The van der Waals surface area contributed by atoms with Gasteiger partial charge in [-0.2, -0.15) is 0 Å². The molecule has 10 rings (SSSR count). The van der Waals surface area contributed by atoms with E-state index in [1.165, 1.54) is 98.7 Å². The first-order valence-corrected chi connectivity index (χ1v) is 17.3. The molecule has 0 N–H and O–H groups in total. The molecule has 0 unspecified atom stereocenters. The Morgan fingerprint density at radius 2 is 0.714 bits per heavy atom. The fourth-order valence-electron chi connectivity index (χ4n) is 8.88. The van der Waals surface area contributed by atoms with Gasteiger partial charge in [0.1, 0.15) is 0 Å². The molecular formula is C49H34. The van der Waals surface area contributed by atoms with Crippen molar-refractivity contribution in [2.24, 2.45) is 0 Å². The molecule has 0 bridgehead atoms. The lowest BCUT2D eigenvalue weighted by atomic mass is 9.81. The van der Waals surface area contributed by atoms with Crippen molar-refractivity contribution in [1.82, 2.24) is 0 Å². The molecule has 9 aromatic rings. The van der Waals surface area contributed by atoms with Gasteiger partial charge in [-0.1, -0.05) is 184 Å². The van der Waals surface area contributed by atoms with E-state index in [-0.39, 0.29) is 5.41 Å². The van der Waals surface area contributed by atoms with E-state index in [0.717, 1.165) is 0 Å². The molecule has 49 heavy (non-hydrogen) atoms. The van der Waals surface area contributed by atoms with Gasteiger partial charge in [0.05, 0.1) is 0 Å². The topological polar surface area (TPSA) is 0 Å². The van der Waals surface area contributed by atoms with E-state index in [0.29, 0.717) is 0 Å². The summed E-state index contributed by atoms with van der Waals surface area (Å²) in [4.78, 5) is 0. The van der Waals surface area contributed by atoms with Crippen LogP contribution in [0.1, 0.15) is 25.0 Å². The molecule has 0 radical (unpaired) electrons. The van der Waals surface area contributed by atoms with E-state index < -0.39 is 0 Å². The SMILES string of the molecule is CC1(C)c2ccccc2-c2c1ccc1c(-c3ccc(-c4c5ccccc5c(-c5ccccc5)c5ccccc45)c4ccccc34)cccc21. The number of rotatable bonds is 3. The van der Waals surface area contributed by atoms with Crippen LogP contribution < -0.4 is 0 Å². The maximum Gasteiger partial charge on any atom is 0.0159 e. The molecular weight excluding hydrogens is 589 g/mol. The fraction of sp³-hybridized carbons (Fsp3) is 0.0612. The molecule has 0 heterocycles. The average molecular weight is 623 g/mol. The Labute approximate surface area is 286 Å². The predicted octanol–water partition coefficient (Wildman–Crippen LogP) is 13.6. The Bertz CT molecular complexity index is 2720. The molecule has 0 amide bonds. The molecule has 1 aliphatic rings. The zero-order chi connectivity index (χ0) is 32.7. The third-order valence-corrected chi connectivity index (χ3v) is 11.1. The van der Waals surface area contributed by atoms with Crippen LogP contribution in [0.3, 0.4) is 0 Å². The summed E-state index contributed by atoms with van der Waals surface area (Å²) in [6.07, 6.45) is 0. The Balaban J connectivity index is 1.25. The maximum atomic E-state index is 2.38. The van der Waals surface area contributed by atoms with Crippen molar-refractivity contribution in [3.05, 3.63) is 181 Å². The summed E-state index contributed by atoms with van der Waals surface area (Å²) in [5.74, 6) is 0. The Morgan fingerprint density at radius 1 is 0.265 bits per heavy atom. The van der Waals surface area contributed by atoms with Gasteiger partial charge in [-0.3, -0.25) is 0 Å². The van der Waals surface area contributed by atoms with Gasteiger partial charge >= 0.3 is 0 Å². The molecule has 230 valence electrons. The van der Waals surface area contributed by atoms with Crippen LogP contribution in [0.5, 0.6) is 0 Å². The number of hydrogen-bond acceptors (Lipinski definition) is 0. The van der Waals surface area contributed by atoms with Crippen LogP contribution in [0.4, 0.5) is 0 Å². The van der Waals surface area contributed by atoms with E-state index >= 15 is 0 Å². The van der Waals surface area contributed by atoms with E-state index in [2.05, 4.69) is 184 Å². The Morgan fingerprint density at radius 3 is 1.41 bits per heavy atom. The van der Waals surface area contributed by atoms with E-state index in [1.54, 1.807) is 0 Å². The van der Waals surface area contributed by atoms with Crippen LogP contribution in [0.2, 0.25) is 0 Å². The molecule has 0 aromatic heterocycles. The van der Waals surface area contributed by atoms with Gasteiger partial charge in [0, 0.05) is 5.41 Å². The summed E-state index contributed by atoms with van der Waals surface area (Å²) in [5, 5.41) is 10.3. The number of benzene rings is 9. The third kappa shape index (κ3) is 3.98. The second-order valence-electron chi connectivity index (χ2n) is 14.0. The van der Waals surface area contributed by atoms with Gasteiger partial charge in [-0.05, 0) is 98.7 Å². The van der Waals surface area contributed by atoms with Crippen molar-refractivity contribution in [2.75, 3.05) is 0 Å². The van der Waals surface area contributed by atoms with Crippen LogP contribution >= 0.6 is 0 Å². The largest absolute Gasteiger partial charge is 0.0622 e. The minimum absolute atomic E-state index is 0.0218. The first-order chi connectivity index (χ1) is 24.1. The summed E-state index contributed by atoms with van der Waals surface area (Å²) in [6, 6.07) is 63.0. The summed E-state index contributed by atoms with van der Waals surface area (Å²) >= 11 is 0. The smallest absolute Gasteiger partial charge is 0.0159 e. The molecule has 0 atom stereocenters. The summed E-state index contributed by atoms with van der Waals surface area (Å²) in [7, 11) is 0. The second kappa shape index (κ2) is 10.5. The monoisotopic (exact) mass is 622 g/mol. The molecule has 0 heteroatoms. The minimum atomic E-state index is -0.0218. The van der Waals surface area contributed by atoms with Crippen LogP contribution in [0, 0.1) is 0 Å². The van der Waals surface area contributed by atoms with E-state index in [4.69, 9.17) is 0 Å². The van der Waals surface area contributed by atoms with E-state index in [1.807, 2.05) is 0 Å². The number of hydrogen-bond donors (Lipinski definition) is 0. The molecule has 0 saturated carbocycles. The highest BCUT2D eigenvalue weighted by Crippen LogP contribution is 2.53. The minimum Gasteiger partial charge on any atom is -0.0622 e. The average Bonchev–Trinajstić information content (AvgIpc) is 3.40. The van der Waals surface area contributed by atoms with Crippen molar-refractivity contribution in [3.8, 4) is 44.5 Å². The van der Waals surface area contributed by atoms with Crippen molar-refractivity contribution >= 4 is 43.1 Å². The summed E-state index contributed by atoms with van der Waals surface area (Å²) < 4.78 is 0. The second-order valence-corrected chi connectivity index (χ2v) is 14.0. The van der Waals surface area contributed by atoms with Crippen LogP contribution in [0.15, 0.2) is 170 Å². The van der Waals surface area contributed by atoms with Crippen LogP contribution in [-0.4, -0.2) is 0 Å². The third-order valence-electron chi connectivity index (χ3n) is 11.1. The molecule has 0 nitrogen and oxygen atoms in total. The lowest BCUT2D eigenvalue weighted by molar-refractivity contribution is 0.661. The first kappa shape index (κ1) is 28.1. The van der Waals surface area contributed by atoms with Crippen LogP contribution in [-0.2, 0) is 5.41 Å². The van der Waals surface area contributed by atoms with Gasteiger partial charge in [-0.15, -0.1) is 0 Å². The van der Waals surface area contributed by atoms with Crippen molar-refractivity contribution in [1.29, 1.82) is 0 Å². The van der Waals surface area contributed by atoms with Gasteiger partial charge < -0.3 is 0 Å². The zero-order valence-corrected chi connectivity index (χ0v) is 27.7. The molecule has 0 spiro atoms. The lowest BCUT2D eigenvalue weighted by Gasteiger charge is -2.22. The molecule has 9 aromatic carbocycles. The van der Waals surface area contributed by atoms with Gasteiger partial charge in [0.25, 0.3) is 0 Å². The molecule has 1 aliphatic carbocycles. The van der Waals surface area contributed by atoms with Crippen molar-refractivity contribution in [2.45, 2.75) is 19.3 Å². The lowest BCUT2D eigenvalue weighted by Crippen LogP contribution is -2.14. The predicted molar refractivity (Wildman–Crippen MR) is 210 cm³/mol. The zero-order valence-electron chi connectivity index (χ0n) is 27.7. The number of fused-ring (bicyclic) bond motifs is 8. The standard InChI is InChI=1S/C49H34/c1-49(2)44-26-13-12-23-43(44)48-37-25-14-24-33(36(37)29-30-45(48)49)35-27-28-42(34-18-7-6-17-32(34)35)47-40-21-10-8-19-38(40)46(31-15-4-3-5-16-31)39-20-9-11-22-41(39)47/h3-30H,1-2H3. The summed E-state index contributed by atoms with van der Waals surface area (Å²) in [5.41, 5.74) is 13.2. The van der Waals surface area contributed by atoms with Gasteiger partial charge in [0.2, 0.25) is 0 Å². The quantitative estimate of drug-likeness (QED) is 0.172. The molecule has 0 saturated heterocycles. The fourth-order valence-corrected chi connectivity index (χ4v) is 8.88. The van der Waals surface area contributed by atoms with Crippen LogP contribution in [0.25, 0.3) is 87.6 Å². The van der Waals surface area contributed by atoms with Crippen molar-refractivity contribution < 1.29 is 0 Å². The highest BCUT2D eigenvalue weighted by molar-refractivity contribution is 6.24. The molecule has 0 aliphatic heterocycles. The Hall–Kier alpha value is -5.98. The van der Waals surface area contributed by atoms with Gasteiger partial charge in [0.15, 0.2) is 0 Å². The highest BCUT2D eigenvalue weighted by Gasteiger charge is 2.36. The van der Waals surface area contributed by atoms with Crippen molar-refractivity contribution in [3.63, 3.8) is 0 Å². The van der Waals surface area contributed by atoms with Gasteiger partial charge in [-0.25, -0.2) is 0 Å². The normalized spacial score (nSPS) is 13.3. The first-order valence-electron chi connectivity index (χ1n) is 17.3.